The van der Waals surface area contributed by atoms with Crippen molar-refractivity contribution >= 4 is 12.1 Å². The van der Waals surface area contributed by atoms with Crippen molar-refractivity contribution in [3.63, 3.8) is 0 Å². The fourth-order valence-corrected chi connectivity index (χ4v) is 1.82. The lowest BCUT2D eigenvalue weighted by atomic mass is 10.1. The molecule has 0 heterocycles. The van der Waals surface area contributed by atoms with E-state index in [4.69, 9.17) is 10.2 Å². The van der Waals surface area contributed by atoms with Crippen molar-refractivity contribution in [3.05, 3.63) is 35.9 Å². The number of benzene rings is 1. The Labute approximate surface area is 117 Å². The molecule has 6 heteroatoms. The zero-order valence-corrected chi connectivity index (χ0v) is 11.2. The van der Waals surface area contributed by atoms with Gasteiger partial charge in [-0.25, -0.2) is 4.79 Å². The summed E-state index contributed by atoms with van der Waals surface area (Å²) in [5, 5.41) is 22.8. The normalized spacial score (nSPS) is 11.8. The van der Waals surface area contributed by atoms with E-state index in [-0.39, 0.29) is 0 Å². The molecule has 1 aromatic carbocycles. The maximum Gasteiger partial charge on any atom is 0.404 e. The number of carboxylic acids is 1. The van der Waals surface area contributed by atoms with Gasteiger partial charge in [0.05, 0.1) is 0 Å². The minimum absolute atomic E-state index is 0.348. The number of rotatable bonds is 9. The molecule has 0 saturated carbocycles. The van der Waals surface area contributed by atoms with Crippen molar-refractivity contribution in [2.24, 2.45) is 0 Å². The predicted octanol–water partition coefficient (Wildman–Crippen LogP) is 1.67. The molecule has 1 amide bonds. The van der Waals surface area contributed by atoms with Gasteiger partial charge in [0.25, 0.3) is 0 Å². The molecule has 0 radical (unpaired) electrons. The highest BCUT2D eigenvalue weighted by Gasteiger charge is 2.15. The minimum Gasteiger partial charge on any atom is -0.480 e. The Balaban J connectivity index is 2.26. The van der Waals surface area contributed by atoms with Crippen molar-refractivity contribution < 1.29 is 19.8 Å². The Hall–Kier alpha value is -2.08. The Kier molecular flexibility index (Phi) is 7.13. The fraction of sp³-hybridized carbons (Fsp3) is 0.429. The largest absolute Gasteiger partial charge is 0.480 e. The molecule has 6 nitrogen and oxygen atoms in total. The van der Waals surface area contributed by atoms with Crippen LogP contribution in [0.25, 0.3) is 0 Å². The summed E-state index contributed by atoms with van der Waals surface area (Å²) < 4.78 is 0. The standard InChI is InChI=1S/C14H20N2O4/c17-13(18)12(8-4-5-9-15-14(19)20)16-10-11-6-2-1-3-7-11/h1-3,6-7,12,15-16H,4-5,8-10H2,(H,17,18)(H,19,20)/t12-/m0/s1. The fourth-order valence-electron chi connectivity index (χ4n) is 1.82. The number of amides is 1. The highest BCUT2D eigenvalue weighted by molar-refractivity contribution is 5.73. The average Bonchev–Trinajstić information content (AvgIpc) is 2.42. The summed E-state index contributed by atoms with van der Waals surface area (Å²) in [6.07, 6.45) is 0.702. The summed E-state index contributed by atoms with van der Waals surface area (Å²) >= 11 is 0. The Bertz CT molecular complexity index is 422. The lowest BCUT2D eigenvalue weighted by molar-refractivity contribution is -0.139. The van der Waals surface area contributed by atoms with E-state index in [0.717, 1.165) is 5.56 Å². The van der Waals surface area contributed by atoms with Crippen molar-refractivity contribution in [2.45, 2.75) is 31.8 Å². The van der Waals surface area contributed by atoms with Gasteiger partial charge in [-0.05, 0) is 24.8 Å². The summed E-state index contributed by atoms with van der Waals surface area (Å²) in [5.74, 6) is -0.882. The zero-order valence-electron chi connectivity index (χ0n) is 11.2. The highest BCUT2D eigenvalue weighted by atomic mass is 16.4. The Morgan fingerprint density at radius 2 is 1.80 bits per heavy atom. The predicted molar refractivity (Wildman–Crippen MR) is 74.6 cm³/mol. The first kappa shape index (κ1) is 16.0. The molecule has 0 saturated heterocycles. The van der Waals surface area contributed by atoms with Crippen LogP contribution in [0.1, 0.15) is 24.8 Å². The molecule has 0 unspecified atom stereocenters. The first-order chi connectivity index (χ1) is 9.59. The second-order valence-corrected chi connectivity index (χ2v) is 4.49. The van der Waals surface area contributed by atoms with Gasteiger partial charge in [0.2, 0.25) is 0 Å². The molecule has 0 aromatic heterocycles. The number of unbranched alkanes of at least 4 members (excludes halogenated alkanes) is 1. The average molecular weight is 280 g/mol. The summed E-state index contributed by atoms with van der Waals surface area (Å²) in [5.41, 5.74) is 1.03. The second-order valence-electron chi connectivity index (χ2n) is 4.49. The molecule has 0 aliphatic carbocycles. The zero-order chi connectivity index (χ0) is 14.8. The summed E-state index contributed by atoms with van der Waals surface area (Å²) in [7, 11) is 0. The van der Waals surface area contributed by atoms with Crippen LogP contribution in [0.2, 0.25) is 0 Å². The van der Waals surface area contributed by atoms with Crippen LogP contribution in [-0.4, -0.2) is 34.9 Å². The highest BCUT2D eigenvalue weighted by Crippen LogP contribution is 2.04. The second kappa shape index (κ2) is 8.92. The van der Waals surface area contributed by atoms with Crippen molar-refractivity contribution in [2.75, 3.05) is 6.54 Å². The molecule has 0 fully saturated rings. The molecule has 4 N–H and O–H groups in total. The van der Waals surface area contributed by atoms with E-state index in [1.165, 1.54) is 0 Å². The molecule has 0 bridgehead atoms. The first-order valence-corrected chi connectivity index (χ1v) is 6.56. The van der Waals surface area contributed by atoms with Crippen LogP contribution in [0.4, 0.5) is 4.79 Å². The third kappa shape index (κ3) is 6.75. The van der Waals surface area contributed by atoms with E-state index < -0.39 is 18.1 Å². The summed E-state index contributed by atoms with van der Waals surface area (Å²) in [4.78, 5) is 21.4. The van der Waals surface area contributed by atoms with E-state index in [9.17, 15) is 9.59 Å². The molecule has 0 aliphatic heterocycles. The minimum atomic E-state index is -1.05. The summed E-state index contributed by atoms with van der Waals surface area (Å²) in [6.45, 7) is 0.853. The van der Waals surface area contributed by atoms with Gasteiger partial charge in [0.15, 0.2) is 0 Å². The topological polar surface area (TPSA) is 98.7 Å². The van der Waals surface area contributed by atoms with E-state index in [1.807, 2.05) is 30.3 Å². The van der Waals surface area contributed by atoms with Crippen molar-refractivity contribution in [1.29, 1.82) is 0 Å². The third-order valence-electron chi connectivity index (χ3n) is 2.89. The maximum atomic E-state index is 11.1. The number of carbonyl (C=O) groups is 2. The number of hydrogen-bond donors (Lipinski definition) is 4. The van der Waals surface area contributed by atoms with E-state index in [0.29, 0.717) is 32.4 Å². The first-order valence-electron chi connectivity index (χ1n) is 6.56. The molecular formula is C14H20N2O4. The molecule has 110 valence electrons. The van der Waals surface area contributed by atoms with Gasteiger partial charge >= 0.3 is 12.1 Å². The smallest absolute Gasteiger partial charge is 0.404 e. The summed E-state index contributed by atoms with van der Waals surface area (Å²) in [6, 6.07) is 8.98. The molecule has 0 aliphatic rings. The molecule has 0 spiro atoms. The van der Waals surface area contributed by atoms with Gasteiger partial charge in [-0.3, -0.25) is 4.79 Å². The Morgan fingerprint density at radius 3 is 2.40 bits per heavy atom. The molecule has 1 rings (SSSR count). The van der Waals surface area contributed by atoms with Crippen molar-refractivity contribution in [1.82, 2.24) is 10.6 Å². The monoisotopic (exact) mass is 280 g/mol. The maximum absolute atomic E-state index is 11.1. The lowest BCUT2D eigenvalue weighted by Gasteiger charge is -2.14. The van der Waals surface area contributed by atoms with E-state index in [1.54, 1.807) is 0 Å². The van der Waals surface area contributed by atoms with Gasteiger partial charge in [0, 0.05) is 13.1 Å². The molecular weight excluding hydrogens is 260 g/mol. The lowest BCUT2D eigenvalue weighted by Crippen LogP contribution is -2.36. The number of carboxylic acid groups (broad SMARTS) is 2. The van der Waals surface area contributed by atoms with Crippen LogP contribution in [-0.2, 0) is 11.3 Å². The molecule has 1 aromatic rings. The third-order valence-corrected chi connectivity index (χ3v) is 2.89. The van der Waals surface area contributed by atoms with Crippen LogP contribution in [0.5, 0.6) is 0 Å². The SMILES string of the molecule is O=C(O)NCCCC[C@H](NCc1ccccc1)C(=O)O. The van der Waals surface area contributed by atoms with Gasteiger partial charge in [0.1, 0.15) is 6.04 Å². The van der Waals surface area contributed by atoms with Gasteiger partial charge in [-0.1, -0.05) is 30.3 Å². The molecule has 1 atom stereocenters. The number of hydrogen-bond acceptors (Lipinski definition) is 3. The van der Waals surface area contributed by atoms with E-state index >= 15 is 0 Å². The van der Waals surface area contributed by atoms with Gasteiger partial charge in [-0.2, -0.15) is 0 Å². The van der Waals surface area contributed by atoms with Crippen LogP contribution < -0.4 is 10.6 Å². The quantitative estimate of drug-likeness (QED) is 0.516. The number of nitrogens with one attached hydrogen (secondary N) is 2. The Morgan fingerprint density at radius 1 is 1.10 bits per heavy atom. The molecule has 20 heavy (non-hydrogen) atoms. The van der Waals surface area contributed by atoms with Crippen LogP contribution >= 0.6 is 0 Å². The van der Waals surface area contributed by atoms with Gasteiger partial charge < -0.3 is 20.8 Å². The van der Waals surface area contributed by atoms with Crippen LogP contribution in [0.15, 0.2) is 30.3 Å². The van der Waals surface area contributed by atoms with Crippen LogP contribution in [0, 0.1) is 0 Å². The van der Waals surface area contributed by atoms with E-state index in [2.05, 4.69) is 10.6 Å². The van der Waals surface area contributed by atoms with Crippen molar-refractivity contribution in [3.8, 4) is 0 Å². The van der Waals surface area contributed by atoms with Crippen LogP contribution in [0.3, 0.4) is 0 Å². The number of aliphatic carboxylic acids is 1. The van der Waals surface area contributed by atoms with Gasteiger partial charge in [-0.15, -0.1) is 0 Å².